The van der Waals surface area contributed by atoms with Crippen LogP contribution in [0.25, 0.3) is 0 Å². The molecule has 20 heavy (non-hydrogen) atoms. The van der Waals surface area contributed by atoms with Gasteiger partial charge in [0, 0.05) is 24.1 Å². The van der Waals surface area contributed by atoms with E-state index in [0.29, 0.717) is 5.92 Å². The van der Waals surface area contributed by atoms with Crippen molar-refractivity contribution in [3.8, 4) is 0 Å². The van der Waals surface area contributed by atoms with E-state index in [4.69, 9.17) is 5.73 Å². The highest BCUT2D eigenvalue weighted by Crippen LogP contribution is 2.20. The lowest BCUT2D eigenvalue weighted by molar-refractivity contribution is 0.324. The van der Waals surface area contributed by atoms with E-state index in [0.717, 1.165) is 25.4 Å². The fourth-order valence-electron chi connectivity index (χ4n) is 2.17. The first-order valence-corrected chi connectivity index (χ1v) is 8.89. The summed E-state index contributed by atoms with van der Waals surface area (Å²) in [6.07, 6.45) is 0. The summed E-state index contributed by atoms with van der Waals surface area (Å²) in [5, 5.41) is 0. The zero-order chi connectivity index (χ0) is 15.0. The van der Waals surface area contributed by atoms with Gasteiger partial charge in [-0.15, -0.1) is 0 Å². The third kappa shape index (κ3) is 5.86. The Hall–Kier alpha value is -0.510. The summed E-state index contributed by atoms with van der Waals surface area (Å²) in [5.41, 5.74) is 8.91. The van der Waals surface area contributed by atoms with E-state index in [2.05, 4.69) is 56.9 Å². The second-order valence-electron chi connectivity index (χ2n) is 5.53. The third-order valence-electron chi connectivity index (χ3n) is 3.77. The molecule has 0 saturated heterocycles. The Morgan fingerprint density at radius 2 is 1.60 bits per heavy atom. The van der Waals surface area contributed by atoms with E-state index in [1.54, 1.807) is 0 Å². The average molecular weight is 295 g/mol. The lowest BCUT2D eigenvalue weighted by Crippen LogP contribution is -2.25. The Morgan fingerprint density at radius 1 is 1.05 bits per heavy atom. The Kier molecular flexibility index (Phi) is 8.27. The van der Waals surface area contributed by atoms with Crippen LogP contribution in [0.15, 0.2) is 24.3 Å². The van der Waals surface area contributed by atoms with Crippen molar-refractivity contribution < 1.29 is 0 Å². The summed E-state index contributed by atoms with van der Waals surface area (Å²) in [5.74, 6) is 2.76. The molecular formula is C17H30N2S. The van der Waals surface area contributed by atoms with Crippen molar-refractivity contribution >= 4 is 11.8 Å². The molecule has 1 unspecified atom stereocenters. The molecule has 0 fully saturated rings. The lowest BCUT2D eigenvalue weighted by Gasteiger charge is -2.18. The Labute approximate surface area is 129 Å². The van der Waals surface area contributed by atoms with Crippen LogP contribution in [0.3, 0.4) is 0 Å². The number of nitrogens with zero attached hydrogens (tertiary/aromatic N) is 1. The molecule has 2 N–H and O–H groups in total. The van der Waals surface area contributed by atoms with Gasteiger partial charge in [-0.3, -0.25) is 0 Å². The van der Waals surface area contributed by atoms with E-state index < -0.39 is 0 Å². The fraction of sp³-hybridized carbons (Fsp3) is 0.647. The summed E-state index contributed by atoms with van der Waals surface area (Å²) >= 11 is 1.96. The van der Waals surface area contributed by atoms with E-state index in [-0.39, 0.29) is 6.04 Å². The van der Waals surface area contributed by atoms with Crippen LogP contribution in [0.2, 0.25) is 0 Å². The molecule has 114 valence electrons. The number of thioether (sulfide) groups is 1. The monoisotopic (exact) mass is 294 g/mol. The molecule has 0 aliphatic heterocycles. The van der Waals surface area contributed by atoms with Crippen LogP contribution >= 0.6 is 11.8 Å². The first-order chi connectivity index (χ1) is 9.58. The Balaban J connectivity index is 2.33. The summed E-state index contributed by atoms with van der Waals surface area (Å²) in [6, 6.07) is 8.94. The number of hydrogen-bond acceptors (Lipinski definition) is 3. The van der Waals surface area contributed by atoms with E-state index in [9.17, 15) is 0 Å². The molecule has 0 spiro atoms. The van der Waals surface area contributed by atoms with E-state index in [1.165, 1.54) is 16.9 Å². The predicted octanol–water partition coefficient (Wildman–Crippen LogP) is 3.88. The van der Waals surface area contributed by atoms with Gasteiger partial charge in [0.05, 0.1) is 0 Å². The molecule has 3 heteroatoms. The summed E-state index contributed by atoms with van der Waals surface area (Å²) in [7, 11) is 0. The van der Waals surface area contributed by atoms with Crippen molar-refractivity contribution in [3.05, 3.63) is 35.4 Å². The second-order valence-corrected chi connectivity index (χ2v) is 6.68. The van der Waals surface area contributed by atoms with Crippen LogP contribution in [-0.4, -0.2) is 36.0 Å². The van der Waals surface area contributed by atoms with Crippen molar-refractivity contribution in [2.75, 3.05) is 31.1 Å². The molecule has 0 aliphatic carbocycles. The van der Waals surface area contributed by atoms with Crippen molar-refractivity contribution in [2.24, 2.45) is 5.73 Å². The smallest absolute Gasteiger partial charge is 0.0386 e. The van der Waals surface area contributed by atoms with Gasteiger partial charge in [-0.25, -0.2) is 0 Å². The number of nitrogens with two attached hydrogens (primary N) is 1. The first kappa shape index (κ1) is 17.5. The molecular weight excluding hydrogens is 264 g/mol. The highest BCUT2D eigenvalue weighted by atomic mass is 32.2. The van der Waals surface area contributed by atoms with Crippen LogP contribution in [0.1, 0.15) is 50.8 Å². The largest absolute Gasteiger partial charge is 0.323 e. The van der Waals surface area contributed by atoms with Gasteiger partial charge >= 0.3 is 0 Å². The van der Waals surface area contributed by atoms with Gasteiger partial charge in [-0.2, -0.15) is 11.8 Å². The maximum absolute atomic E-state index is 6.27. The Bertz CT molecular complexity index is 358. The zero-order valence-electron chi connectivity index (χ0n) is 13.4. The van der Waals surface area contributed by atoms with Crippen LogP contribution in [0.5, 0.6) is 0 Å². The van der Waals surface area contributed by atoms with E-state index in [1.807, 2.05) is 11.8 Å². The van der Waals surface area contributed by atoms with Gasteiger partial charge in [0.2, 0.25) is 0 Å². The zero-order valence-corrected chi connectivity index (χ0v) is 14.2. The normalized spacial score (nSPS) is 13.2. The highest BCUT2D eigenvalue weighted by Gasteiger charge is 2.07. The minimum Gasteiger partial charge on any atom is -0.323 e. The van der Waals surface area contributed by atoms with Gasteiger partial charge in [0.1, 0.15) is 0 Å². The van der Waals surface area contributed by atoms with Gasteiger partial charge in [-0.05, 0) is 30.1 Å². The van der Waals surface area contributed by atoms with Gasteiger partial charge in [0.15, 0.2) is 0 Å². The number of benzene rings is 1. The minimum atomic E-state index is 0.151. The topological polar surface area (TPSA) is 29.3 Å². The third-order valence-corrected chi connectivity index (χ3v) is 4.84. The molecule has 1 aromatic carbocycles. The quantitative estimate of drug-likeness (QED) is 0.701. The highest BCUT2D eigenvalue weighted by molar-refractivity contribution is 7.99. The molecule has 2 nitrogen and oxygen atoms in total. The van der Waals surface area contributed by atoms with Crippen molar-refractivity contribution in [3.63, 3.8) is 0 Å². The fourth-order valence-corrected chi connectivity index (χ4v) is 3.17. The second kappa shape index (κ2) is 9.43. The van der Waals surface area contributed by atoms with Gasteiger partial charge in [0.25, 0.3) is 0 Å². The van der Waals surface area contributed by atoms with Gasteiger partial charge < -0.3 is 10.6 Å². The first-order valence-electron chi connectivity index (χ1n) is 7.74. The van der Waals surface area contributed by atoms with Gasteiger partial charge in [-0.1, -0.05) is 52.0 Å². The number of hydrogen-bond donors (Lipinski definition) is 1. The SMILES string of the molecule is CCN(CC)CCSCC(N)c1ccc(C(C)C)cc1. The van der Waals surface area contributed by atoms with Crippen molar-refractivity contribution in [1.82, 2.24) is 4.90 Å². The Morgan fingerprint density at radius 3 is 2.10 bits per heavy atom. The number of rotatable bonds is 9. The van der Waals surface area contributed by atoms with Crippen molar-refractivity contribution in [2.45, 2.75) is 39.7 Å². The molecule has 0 saturated carbocycles. The molecule has 0 radical (unpaired) electrons. The van der Waals surface area contributed by atoms with Crippen LogP contribution in [0.4, 0.5) is 0 Å². The summed E-state index contributed by atoms with van der Waals surface area (Å²) in [6.45, 7) is 12.3. The van der Waals surface area contributed by atoms with Crippen molar-refractivity contribution in [1.29, 1.82) is 0 Å². The lowest BCUT2D eigenvalue weighted by atomic mass is 10.00. The molecule has 1 rings (SSSR count). The van der Waals surface area contributed by atoms with Crippen LogP contribution in [0, 0.1) is 0 Å². The maximum atomic E-state index is 6.27. The standard InChI is InChI=1S/C17H30N2S/c1-5-19(6-2)11-12-20-13-17(18)16-9-7-15(8-10-16)14(3)4/h7-10,14,17H,5-6,11-13,18H2,1-4H3. The van der Waals surface area contributed by atoms with E-state index >= 15 is 0 Å². The molecule has 0 amide bonds. The molecule has 0 bridgehead atoms. The summed E-state index contributed by atoms with van der Waals surface area (Å²) in [4.78, 5) is 2.45. The average Bonchev–Trinajstić information content (AvgIpc) is 2.47. The van der Waals surface area contributed by atoms with Crippen LogP contribution in [-0.2, 0) is 0 Å². The summed E-state index contributed by atoms with van der Waals surface area (Å²) < 4.78 is 0. The predicted molar refractivity (Wildman–Crippen MR) is 92.6 cm³/mol. The maximum Gasteiger partial charge on any atom is 0.0386 e. The minimum absolute atomic E-state index is 0.151. The molecule has 0 heterocycles. The molecule has 0 aliphatic rings. The molecule has 1 aromatic rings. The molecule has 0 aromatic heterocycles. The molecule has 1 atom stereocenters. The van der Waals surface area contributed by atoms with Crippen LogP contribution < -0.4 is 5.73 Å².